The largest absolute Gasteiger partial charge is 0.435 e. The van der Waals surface area contributed by atoms with E-state index in [1.54, 1.807) is 29.2 Å². The molecule has 13 nitrogen and oxygen atoms in total. The molecule has 3 aromatic heterocycles. The second-order valence-corrected chi connectivity index (χ2v) is 11.4. The highest BCUT2D eigenvalue weighted by Gasteiger charge is 2.38. The van der Waals surface area contributed by atoms with E-state index >= 15 is 0 Å². The number of carbonyl (C=O) groups is 2. The molecule has 240 valence electrons. The molecule has 2 aliphatic rings. The minimum atomic E-state index is -4.75. The van der Waals surface area contributed by atoms with Crippen LogP contribution in [0.25, 0.3) is 16.9 Å². The van der Waals surface area contributed by atoms with Gasteiger partial charge in [-0.05, 0) is 31.2 Å². The predicted octanol–water partition coefficient (Wildman–Crippen LogP) is 2.77. The number of aromatic nitrogens is 5. The van der Waals surface area contributed by atoms with Crippen LogP contribution in [-0.2, 0) is 17.5 Å². The summed E-state index contributed by atoms with van der Waals surface area (Å²) in [5.74, 6) is -0.00595. The molecular weight excluding hydrogens is 627 g/mol. The molecule has 2 amide bonds. The topological polar surface area (TPSA) is 149 Å². The summed E-state index contributed by atoms with van der Waals surface area (Å²) >= 11 is 6.54. The van der Waals surface area contributed by atoms with Gasteiger partial charge < -0.3 is 20.9 Å². The lowest BCUT2D eigenvalue weighted by atomic mass is 10.1. The fourth-order valence-electron chi connectivity index (χ4n) is 5.62. The zero-order valence-corrected chi connectivity index (χ0v) is 25.1. The van der Waals surface area contributed by atoms with Gasteiger partial charge in [0.25, 0.3) is 5.91 Å². The van der Waals surface area contributed by atoms with Gasteiger partial charge in [0.1, 0.15) is 6.54 Å². The van der Waals surface area contributed by atoms with Crippen LogP contribution in [0.3, 0.4) is 0 Å². The van der Waals surface area contributed by atoms with E-state index in [0.29, 0.717) is 37.4 Å². The van der Waals surface area contributed by atoms with Crippen molar-refractivity contribution >= 4 is 40.6 Å². The van der Waals surface area contributed by atoms with Crippen molar-refractivity contribution < 1.29 is 22.8 Å². The Morgan fingerprint density at radius 3 is 2.67 bits per heavy atom. The van der Waals surface area contributed by atoms with Crippen molar-refractivity contribution in [2.45, 2.75) is 25.2 Å². The van der Waals surface area contributed by atoms with Crippen LogP contribution in [-0.4, -0.2) is 97.6 Å². The van der Waals surface area contributed by atoms with Crippen LogP contribution in [0.4, 0.5) is 24.7 Å². The summed E-state index contributed by atoms with van der Waals surface area (Å²) < 4.78 is 43.6. The van der Waals surface area contributed by atoms with Crippen LogP contribution in [0.5, 0.6) is 0 Å². The molecule has 5 heterocycles. The first-order valence-electron chi connectivity index (χ1n) is 14.5. The van der Waals surface area contributed by atoms with Gasteiger partial charge >= 0.3 is 6.18 Å². The number of carbonyl (C=O) groups excluding carboxylic acids is 2. The lowest BCUT2D eigenvalue weighted by molar-refractivity contribution is -0.141. The number of hydrogen-bond acceptors (Lipinski definition) is 9. The highest BCUT2D eigenvalue weighted by molar-refractivity contribution is 6.34. The van der Waals surface area contributed by atoms with Gasteiger partial charge in [-0.1, -0.05) is 11.6 Å². The molecule has 3 N–H and O–H groups in total. The molecule has 2 fully saturated rings. The van der Waals surface area contributed by atoms with Gasteiger partial charge in [-0.2, -0.15) is 23.5 Å². The lowest BCUT2D eigenvalue weighted by Crippen LogP contribution is -2.52. The molecule has 6 rings (SSSR count). The Kier molecular flexibility index (Phi) is 8.80. The Morgan fingerprint density at radius 1 is 1.17 bits per heavy atom. The predicted molar refractivity (Wildman–Crippen MR) is 161 cm³/mol. The van der Waals surface area contributed by atoms with Crippen LogP contribution in [0, 0.1) is 11.3 Å². The quantitative estimate of drug-likeness (QED) is 0.261. The maximum absolute atomic E-state index is 13.8. The van der Waals surface area contributed by atoms with Crippen LogP contribution in [0.2, 0.25) is 5.02 Å². The van der Waals surface area contributed by atoms with E-state index in [0.717, 1.165) is 30.4 Å². The number of hydrogen-bond donors (Lipinski definition) is 3. The summed E-state index contributed by atoms with van der Waals surface area (Å²) in [5, 5.41) is 22.0. The molecule has 0 radical (unpaired) electrons. The molecule has 1 aromatic carbocycles. The summed E-state index contributed by atoms with van der Waals surface area (Å²) in [7, 11) is 0. The number of nitrogens with one attached hydrogen (secondary N) is 3. The highest BCUT2D eigenvalue weighted by Crippen LogP contribution is 2.37. The summed E-state index contributed by atoms with van der Waals surface area (Å²) in [5.41, 5.74) is -0.214. The number of nitriles is 1. The number of piperazine rings is 1. The van der Waals surface area contributed by atoms with Gasteiger partial charge in [0.15, 0.2) is 17.2 Å². The van der Waals surface area contributed by atoms with E-state index in [1.165, 1.54) is 23.0 Å². The SMILES string of the molecule is N#CCn1cc(-c2cnc3c(Nc4ccc(C(=O)N5CCN(CC(=O)N[C@H]6CCNC6)CC5)c(Cl)c4)nccn23)c(C(F)(F)F)n1. The molecule has 0 spiro atoms. The van der Waals surface area contributed by atoms with Crippen molar-refractivity contribution in [2.24, 2.45) is 0 Å². The summed E-state index contributed by atoms with van der Waals surface area (Å²) in [4.78, 5) is 38.0. The standard InChI is InChI=1S/C29H29ClF3N11O2/c30-22-13-18(1-2-20(22)28(46)42-11-9-41(10-12-42)17-24(45)38-19-3-5-35-14-19)39-26-27-37-15-23(44(27)8-6-36-26)21-16-43(7-4-34)40-25(21)29(31,32)33/h1-2,6,8,13,15-16,19,35H,3,5,7,9-12,14,17H2,(H,36,39)(H,38,45)/t19-/m0/s1. The molecule has 0 unspecified atom stereocenters. The average molecular weight is 656 g/mol. The number of imidazole rings is 1. The molecule has 0 saturated carbocycles. The molecule has 0 aliphatic carbocycles. The number of alkyl halides is 3. The minimum absolute atomic E-state index is 0.0193. The van der Waals surface area contributed by atoms with Crippen LogP contribution < -0.4 is 16.0 Å². The average Bonchev–Trinajstić information content (AvgIpc) is 3.78. The van der Waals surface area contributed by atoms with Gasteiger partial charge in [0.05, 0.1) is 40.7 Å². The number of nitrogens with zero attached hydrogens (tertiary/aromatic N) is 8. The zero-order chi connectivity index (χ0) is 32.4. The second-order valence-electron chi connectivity index (χ2n) is 11.0. The second kappa shape index (κ2) is 12.9. The number of rotatable bonds is 8. The Bertz CT molecular complexity index is 1800. The summed E-state index contributed by atoms with van der Waals surface area (Å²) in [6.07, 6.45) is 1.48. The molecule has 2 saturated heterocycles. The first kappa shape index (κ1) is 31.3. The summed E-state index contributed by atoms with van der Waals surface area (Å²) in [6, 6.07) is 6.76. The summed E-state index contributed by atoms with van der Waals surface area (Å²) in [6.45, 7) is 3.64. The van der Waals surface area contributed by atoms with E-state index in [2.05, 4.69) is 31.0 Å². The third-order valence-electron chi connectivity index (χ3n) is 7.88. The van der Waals surface area contributed by atoms with Gasteiger partial charge in [-0.25, -0.2) is 9.97 Å². The molecule has 2 aliphatic heterocycles. The Labute approximate surface area is 265 Å². The molecule has 46 heavy (non-hydrogen) atoms. The zero-order valence-electron chi connectivity index (χ0n) is 24.4. The van der Waals surface area contributed by atoms with Crippen LogP contribution in [0.15, 0.2) is 43.0 Å². The van der Waals surface area contributed by atoms with Crippen molar-refractivity contribution in [3.8, 4) is 17.3 Å². The maximum atomic E-state index is 13.8. The monoisotopic (exact) mass is 655 g/mol. The van der Waals surface area contributed by atoms with E-state index < -0.39 is 11.9 Å². The normalized spacial score (nSPS) is 17.3. The lowest BCUT2D eigenvalue weighted by Gasteiger charge is -2.34. The van der Waals surface area contributed by atoms with Crippen molar-refractivity contribution in [3.05, 3.63) is 59.3 Å². The highest BCUT2D eigenvalue weighted by atomic mass is 35.5. The number of fused-ring (bicyclic) bond motifs is 1. The molecule has 17 heteroatoms. The third-order valence-corrected chi connectivity index (χ3v) is 8.19. The third kappa shape index (κ3) is 6.62. The van der Waals surface area contributed by atoms with Crippen molar-refractivity contribution in [2.75, 3.05) is 51.1 Å². The van der Waals surface area contributed by atoms with Gasteiger partial charge in [0.2, 0.25) is 5.91 Å². The van der Waals surface area contributed by atoms with E-state index in [4.69, 9.17) is 16.9 Å². The van der Waals surface area contributed by atoms with Gasteiger partial charge in [-0.15, -0.1) is 0 Å². The van der Waals surface area contributed by atoms with Gasteiger partial charge in [0, 0.05) is 63.0 Å². The van der Waals surface area contributed by atoms with E-state index in [9.17, 15) is 22.8 Å². The minimum Gasteiger partial charge on any atom is -0.351 e. The number of benzene rings is 1. The smallest absolute Gasteiger partial charge is 0.351 e. The Balaban J connectivity index is 1.13. The molecule has 1 atom stereocenters. The number of anilines is 2. The van der Waals surface area contributed by atoms with Crippen molar-refractivity contribution in [3.63, 3.8) is 0 Å². The first-order chi connectivity index (χ1) is 22.1. The van der Waals surface area contributed by atoms with Gasteiger partial charge in [-0.3, -0.25) is 23.6 Å². The van der Waals surface area contributed by atoms with E-state index in [1.807, 2.05) is 4.90 Å². The maximum Gasteiger partial charge on any atom is 0.435 e. The fourth-order valence-corrected chi connectivity index (χ4v) is 5.88. The molecule has 0 bridgehead atoms. The fraction of sp³-hybridized carbons (Fsp3) is 0.379. The van der Waals surface area contributed by atoms with Crippen LogP contribution >= 0.6 is 11.6 Å². The number of halogens is 4. The van der Waals surface area contributed by atoms with Crippen LogP contribution in [0.1, 0.15) is 22.5 Å². The van der Waals surface area contributed by atoms with Crippen molar-refractivity contribution in [1.82, 2.24) is 44.6 Å². The molecular formula is C29H29ClF3N11O2. The first-order valence-corrected chi connectivity index (χ1v) is 14.9. The van der Waals surface area contributed by atoms with Crippen molar-refractivity contribution in [1.29, 1.82) is 5.26 Å². The number of amides is 2. The Morgan fingerprint density at radius 2 is 1.98 bits per heavy atom. The molecule has 4 aromatic rings. The van der Waals surface area contributed by atoms with E-state index in [-0.39, 0.29) is 58.7 Å². The Hall–Kier alpha value is -4.72.